The highest BCUT2D eigenvalue weighted by atomic mass is 35.5. The van der Waals surface area contributed by atoms with Gasteiger partial charge in [0.05, 0.1) is 15.7 Å². The van der Waals surface area contributed by atoms with Gasteiger partial charge in [-0.25, -0.2) is 4.39 Å². The lowest BCUT2D eigenvalue weighted by molar-refractivity contribution is -0.122. The van der Waals surface area contributed by atoms with Crippen molar-refractivity contribution in [1.29, 1.82) is 0 Å². The largest absolute Gasteiger partial charge is 0.478 e. The van der Waals surface area contributed by atoms with Crippen LogP contribution in [0.5, 0.6) is 5.75 Å². The molecule has 1 unspecified atom stereocenters. The second-order valence-electron chi connectivity index (χ2n) is 4.53. The second-order valence-corrected chi connectivity index (χ2v) is 5.35. The topological polar surface area (TPSA) is 38.3 Å². The van der Waals surface area contributed by atoms with E-state index in [2.05, 4.69) is 5.32 Å². The molecule has 2 aromatic carbocycles. The number of rotatable bonds is 5. The van der Waals surface area contributed by atoms with Gasteiger partial charge in [0.1, 0.15) is 0 Å². The van der Waals surface area contributed by atoms with Gasteiger partial charge in [-0.3, -0.25) is 4.79 Å². The molecule has 6 heteroatoms. The van der Waals surface area contributed by atoms with Gasteiger partial charge >= 0.3 is 0 Å². The molecule has 22 heavy (non-hydrogen) atoms. The summed E-state index contributed by atoms with van der Waals surface area (Å²) in [6.45, 7) is 1.76. The highest BCUT2D eigenvalue weighted by molar-refractivity contribution is 6.39. The lowest BCUT2D eigenvalue weighted by Gasteiger charge is -2.18. The first-order chi connectivity index (χ1) is 10.5. The molecule has 2 rings (SSSR count). The Morgan fingerprint density at radius 3 is 2.41 bits per heavy atom. The Morgan fingerprint density at radius 2 is 1.82 bits per heavy atom. The quantitative estimate of drug-likeness (QED) is 0.837. The molecule has 0 spiro atoms. The summed E-state index contributed by atoms with van der Waals surface area (Å²) < 4.78 is 19.0. The van der Waals surface area contributed by atoms with Crippen LogP contribution < -0.4 is 10.1 Å². The predicted octanol–water partition coefficient (Wildman–Crippen LogP) is 4.93. The average Bonchev–Trinajstić information content (AvgIpc) is 2.50. The molecule has 0 saturated carbocycles. The lowest BCUT2D eigenvalue weighted by atomic mass is 10.2. The van der Waals surface area contributed by atoms with Crippen LogP contribution >= 0.6 is 23.2 Å². The van der Waals surface area contributed by atoms with Crippen molar-refractivity contribution >= 4 is 34.8 Å². The molecule has 0 aliphatic carbocycles. The minimum absolute atomic E-state index is 0.0229. The first-order valence-corrected chi connectivity index (χ1v) is 7.44. The van der Waals surface area contributed by atoms with Gasteiger partial charge in [-0.2, -0.15) is 0 Å². The Bertz CT molecular complexity index is 659. The summed E-state index contributed by atoms with van der Waals surface area (Å²) in [4.78, 5) is 12.3. The molecule has 1 amide bonds. The van der Waals surface area contributed by atoms with Gasteiger partial charge in [0.15, 0.2) is 17.7 Å². The Morgan fingerprint density at radius 1 is 1.18 bits per heavy atom. The summed E-state index contributed by atoms with van der Waals surface area (Å²) in [6.07, 6.45) is -0.494. The number of nitrogens with one attached hydrogen (secondary N) is 1. The Balaban J connectivity index is 2.14. The molecular weight excluding hydrogens is 328 g/mol. The number of anilines is 1. The Kier molecular flexibility index (Phi) is 5.63. The van der Waals surface area contributed by atoms with E-state index < -0.39 is 17.8 Å². The van der Waals surface area contributed by atoms with Crippen molar-refractivity contribution in [3.05, 3.63) is 58.3 Å². The van der Waals surface area contributed by atoms with Crippen molar-refractivity contribution in [3.8, 4) is 5.75 Å². The lowest BCUT2D eigenvalue weighted by Crippen LogP contribution is -2.32. The fourth-order valence-corrected chi connectivity index (χ4v) is 2.33. The third-order valence-corrected chi connectivity index (χ3v) is 3.61. The van der Waals surface area contributed by atoms with E-state index in [1.807, 2.05) is 0 Å². The minimum Gasteiger partial charge on any atom is -0.478 e. The third-order valence-electron chi connectivity index (χ3n) is 2.98. The van der Waals surface area contributed by atoms with Gasteiger partial charge in [0, 0.05) is 0 Å². The van der Waals surface area contributed by atoms with Gasteiger partial charge in [-0.15, -0.1) is 0 Å². The summed E-state index contributed by atoms with van der Waals surface area (Å²) in [5, 5.41) is 3.26. The van der Waals surface area contributed by atoms with Crippen molar-refractivity contribution < 1.29 is 13.9 Å². The van der Waals surface area contributed by atoms with Crippen LogP contribution in [0, 0.1) is 5.82 Å². The van der Waals surface area contributed by atoms with E-state index in [9.17, 15) is 9.18 Å². The summed E-state index contributed by atoms with van der Waals surface area (Å²) in [5.74, 6) is -0.944. The number of para-hydroxylation sites is 2. The van der Waals surface area contributed by atoms with Crippen LogP contribution in [0.1, 0.15) is 13.3 Å². The van der Waals surface area contributed by atoms with Crippen molar-refractivity contribution in [2.45, 2.75) is 19.4 Å². The Hall–Kier alpha value is -1.78. The zero-order chi connectivity index (χ0) is 16.1. The summed E-state index contributed by atoms with van der Waals surface area (Å²) >= 11 is 12.0. The maximum Gasteiger partial charge on any atom is 0.265 e. The van der Waals surface area contributed by atoms with Crippen LogP contribution in [0.4, 0.5) is 10.1 Å². The number of hydrogen-bond donors (Lipinski definition) is 1. The van der Waals surface area contributed by atoms with Gasteiger partial charge in [0.2, 0.25) is 0 Å². The molecule has 1 N–H and O–H groups in total. The smallest absolute Gasteiger partial charge is 0.265 e. The molecule has 0 fully saturated rings. The molecule has 0 heterocycles. The summed E-state index contributed by atoms with van der Waals surface area (Å²) in [6, 6.07) is 10.8. The second kappa shape index (κ2) is 7.47. The summed E-state index contributed by atoms with van der Waals surface area (Å²) in [5.41, 5.74) is 0.311. The van der Waals surface area contributed by atoms with Gasteiger partial charge in [-0.1, -0.05) is 48.3 Å². The number of carbonyl (C=O) groups excluding carboxylic acids is 1. The number of hydrogen-bond acceptors (Lipinski definition) is 2. The molecule has 2 aromatic rings. The van der Waals surface area contributed by atoms with E-state index in [-0.39, 0.29) is 5.75 Å². The SMILES string of the molecule is CCC(Oc1ccccc1F)C(=O)Nc1c(Cl)cccc1Cl. The average molecular weight is 342 g/mol. The maximum atomic E-state index is 13.6. The molecule has 0 radical (unpaired) electrons. The first kappa shape index (κ1) is 16.6. The fourth-order valence-electron chi connectivity index (χ4n) is 1.84. The Labute approximate surface area is 138 Å². The molecule has 0 aromatic heterocycles. The number of halogens is 3. The van der Waals surface area contributed by atoms with E-state index in [1.165, 1.54) is 12.1 Å². The first-order valence-electron chi connectivity index (χ1n) is 6.69. The van der Waals surface area contributed by atoms with Crippen LogP contribution in [0.2, 0.25) is 10.0 Å². The number of amides is 1. The van der Waals surface area contributed by atoms with Gasteiger partial charge in [-0.05, 0) is 30.7 Å². The normalized spacial score (nSPS) is 11.8. The van der Waals surface area contributed by atoms with Crippen LogP contribution in [0.25, 0.3) is 0 Å². The van der Waals surface area contributed by atoms with Crippen molar-refractivity contribution in [1.82, 2.24) is 0 Å². The van der Waals surface area contributed by atoms with E-state index in [4.69, 9.17) is 27.9 Å². The third kappa shape index (κ3) is 3.90. The fraction of sp³-hybridized carbons (Fsp3) is 0.188. The zero-order valence-electron chi connectivity index (χ0n) is 11.8. The number of ether oxygens (including phenoxy) is 1. The standard InChI is InChI=1S/C16H14Cl2FNO2/c1-2-13(22-14-9-4-3-8-12(14)19)16(21)20-15-10(17)6-5-7-11(15)18/h3-9,13H,2H2,1H3,(H,20,21). The molecule has 0 aliphatic rings. The number of benzene rings is 2. The highest BCUT2D eigenvalue weighted by Gasteiger charge is 2.21. The summed E-state index contributed by atoms with van der Waals surface area (Å²) in [7, 11) is 0. The van der Waals surface area contributed by atoms with Gasteiger partial charge < -0.3 is 10.1 Å². The monoisotopic (exact) mass is 341 g/mol. The van der Waals surface area contributed by atoms with Crippen LogP contribution in [0.3, 0.4) is 0 Å². The van der Waals surface area contributed by atoms with E-state index in [1.54, 1.807) is 37.3 Å². The van der Waals surface area contributed by atoms with Crippen molar-refractivity contribution in [2.75, 3.05) is 5.32 Å². The molecular formula is C16H14Cl2FNO2. The van der Waals surface area contributed by atoms with Gasteiger partial charge in [0.25, 0.3) is 5.91 Å². The number of carbonyl (C=O) groups is 1. The van der Waals surface area contributed by atoms with Crippen LogP contribution in [-0.2, 0) is 4.79 Å². The highest BCUT2D eigenvalue weighted by Crippen LogP contribution is 2.30. The molecule has 3 nitrogen and oxygen atoms in total. The predicted molar refractivity (Wildman–Crippen MR) is 86.2 cm³/mol. The molecule has 1 atom stereocenters. The molecule has 0 bridgehead atoms. The zero-order valence-corrected chi connectivity index (χ0v) is 13.3. The molecule has 116 valence electrons. The van der Waals surface area contributed by atoms with Crippen LogP contribution in [-0.4, -0.2) is 12.0 Å². The minimum atomic E-state index is -0.857. The van der Waals surface area contributed by atoms with E-state index >= 15 is 0 Å². The van der Waals surface area contributed by atoms with E-state index in [0.717, 1.165) is 0 Å². The maximum absolute atomic E-state index is 13.6. The molecule has 0 aliphatic heterocycles. The van der Waals surface area contributed by atoms with Crippen molar-refractivity contribution in [3.63, 3.8) is 0 Å². The molecule has 0 saturated heterocycles. The van der Waals surface area contributed by atoms with E-state index in [0.29, 0.717) is 22.2 Å². The van der Waals surface area contributed by atoms with Crippen molar-refractivity contribution in [2.24, 2.45) is 0 Å². The van der Waals surface area contributed by atoms with Crippen LogP contribution in [0.15, 0.2) is 42.5 Å².